The number of nitrogens with zero attached hydrogens (tertiary/aromatic N) is 4. The van der Waals surface area contributed by atoms with Gasteiger partial charge >= 0.3 is 6.09 Å². The number of carbonyl (C=O) groups is 4. The van der Waals surface area contributed by atoms with Gasteiger partial charge in [0.15, 0.2) is 0 Å². The number of imidazole rings is 1. The molecule has 2 aromatic carbocycles. The lowest BCUT2D eigenvalue weighted by atomic mass is 10.1. The molecule has 0 aliphatic carbocycles. The van der Waals surface area contributed by atoms with Crippen LogP contribution >= 0.6 is 0 Å². The van der Waals surface area contributed by atoms with Gasteiger partial charge in [-0.1, -0.05) is 12.1 Å². The van der Waals surface area contributed by atoms with E-state index in [1.54, 1.807) is 46.2 Å². The average molecular weight is 575 g/mol. The van der Waals surface area contributed by atoms with E-state index in [1.807, 2.05) is 38.3 Å². The fraction of sp³-hybridized carbons (Fsp3) is 0.452. The van der Waals surface area contributed by atoms with E-state index in [9.17, 15) is 19.2 Å². The lowest BCUT2D eigenvalue weighted by Gasteiger charge is -2.35. The minimum Gasteiger partial charge on any atom is -0.444 e. The zero-order chi connectivity index (χ0) is 30.0. The first-order valence-corrected chi connectivity index (χ1v) is 14.5. The molecule has 1 fully saturated rings. The van der Waals surface area contributed by atoms with Gasteiger partial charge in [-0.05, 0) is 77.3 Å². The van der Waals surface area contributed by atoms with Crippen molar-refractivity contribution in [1.29, 1.82) is 0 Å². The lowest BCUT2D eigenvalue weighted by molar-refractivity contribution is 0.0141. The number of amides is 4. The van der Waals surface area contributed by atoms with Gasteiger partial charge < -0.3 is 24.4 Å². The van der Waals surface area contributed by atoms with Gasteiger partial charge in [-0.15, -0.1) is 0 Å². The van der Waals surface area contributed by atoms with E-state index >= 15 is 0 Å². The van der Waals surface area contributed by atoms with E-state index < -0.39 is 11.5 Å². The van der Waals surface area contributed by atoms with Crippen LogP contribution in [0.5, 0.6) is 0 Å². The number of fused-ring (bicyclic) bond motifs is 5. The van der Waals surface area contributed by atoms with Crippen molar-refractivity contribution < 1.29 is 23.9 Å². The summed E-state index contributed by atoms with van der Waals surface area (Å²) in [5, 5.41) is 5.87. The number of para-hydroxylation sites is 1. The molecule has 1 saturated heterocycles. The van der Waals surface area contributed by atoms with E-state index in [0.717, 1.165) is 19.3 Å². The second-order valence-corrected chi connectivity index (χ2v) is 11.9. The van der Waals surface area contributed by atoms with Crippen molar-refractivity contribution in [3.05, 3.63) is 59.2 Å². The van der Waals surface area contributed by atoms with Gasteiger partial charge in [-0.25, -0.2) is 9.78 Å². The standard InChI is InChI=1S/C31H38N6O5/c1-20-9-5-6-14-32-26(38)21-10-7-11-22(19-21)27(39)34-29-33-24-13-8-12-23(25(24)37(20)29)28(40)35-15-17-36(18-16-35)30(41)42-31(2,3)4/h7-8,10-13,19-20H,5-6,9,14-18H2,1-4H3,(H,32,38)(H,33,34,39). The Balaban J connectivity index is 1.46. The van der Waals surface area contributed by atoms with Gasteiger partial charge in [0.25, 0.3) is 17.7 Å². The van der Waals surface area contributed by atoms with E-state index in [1.165, 1.54) is 0 Å². The monoisotopic (exact) mass is 574 g/mol. The molecule has 2 aliphatic heterocycles. The molecular weight excluding hydrogens is 536 g/mol. The molecule has 2 aliphatic rings. The van der Waals surface area contributed by atoms with Gasteiger partial charge in [0.2, 0.25) is 5.95 Å². The zero-order valence-corrected chi connectivity index (χ0v) is 24.6. The predicted octanol–water partition coefficient (Wildman–Crippen LogP) is 4.46. The highest BCUT2D eigenvalue weighted by Gasteiger charge is 2.30. The number of aromatic nitrogens is 2. The van der Waals surface area contributed by atoms with E-state index in [0.29, 0.717) is 66.4 Å². The van der Waals surface area contributed by atoms with Crippen molar-refractivity contribution in [2.45, 2.75) is 58.6 Å². The summed E-state index contributed by atoms with van der Waals surface area (Å²) in [4.78, 5) is 60.4. The summed E-state index contributed by atoms with van der Waals surface area (Å²) >= 11 is 0. The van der Waals surface area contributed by atoms with E-state index in [-0.39, 0.29) is 23.9 Å². The largest absolute Gasteiger partial charge is 0.444 e. The molecular formula is C31H38N6O5. The Morgan fingerprint density at radius 1 is 0.929 bits per heavy atom. The number of carbonyl (C=O) groups excluding carboxylic acids is 4. The Morgan fingerprint density at radius 3 is 2.31 bits per heavy atom. The smallest absolute Gasteiger partial charge is 0.410 e. The molecule has 0 spiro atoms. The van der Waals surface area contributed by atoms with Crippen LogP contribution in [-0.2, 0) is 4.74 Å². The highest BCUT2D eigenvalue weighted by molar-refractivity contribution is 6.08. The Kier molecular flexibility index (Phi) is 8.20. The third-order valence-electron chi connectivity index (χ3n) is 7.55. The molecule has 4 amide bonds. The molecule has 42 heavy (non-hydrogen) atoms. The van der Waals surface area contributed by atoms with Gasteiger partial charge in [-0.3, -0.25) is 19.7 Å². The molecule has 3 heterocycles. The maximum atomic E-state index is 13.9. The number of benzene rings is 2. The van der Waals surface area contributed by atoms with Crippen molar-refractivity contribution >= 4 is 40.8 Å². The SMILES string of the molecule is CC1CCCCNC(=O)c2cccc(c2)C(=O)Nc2nc3cccc(C(=O)N4CCN(C(=O)OC(C)(C)C)CC4)c3n21. The normalized spacial score (nSPS) is 18.5. The van der Waals surface area contributed by atoms with Crippen LogP contribution in [0.1, 0.15) is 84.1 Å². The first-order chi connectivity index (χ1) is 20.0. The summed E-state index contributed by atoms with van der Waals surface area (Å²) in [6.07, 6.45) is 2.00. The highest BCUT2D eigenvalue weighted by Crippen LogP contribution is 2.31. The average Bonchev–Trinajstić information content (AvgIpc) is 3.33. The summed E-state index contributed by atoms with van der Waals surface area (Å²) in [5.74, 6) is -0.404. The molecule has 0 radical (unpaired) electrons. The fourth-order valence-electron chi connectivity index (χ4n) is 5.40. The number of nitrogens with one attached hydrogen (secondary N) is 2. The molecule has 1 atom stereocenters. The molecule has 3 aromatic rings. The molecule has 1 aromatic heterocycles. The maximum absolute atomic E-state index is 13.9. The van der Waals surface area contributed by atoms with Gasteiger partial charge in [-0.2, -0.15) is 0 Å². The van der Waals surface area contributed by atoms with Crippen LogP contribution in [0, 0.1) is 0 Å². The molecule has 0 saturated carbocycles. The number of ether oxygens (including phenoxy) is 1. The molecule has 11 nitrogen and oxygen atoms in total. The Hall–Kier alpha value is -4.41. The molecule has 222 valence electrons. The first kappa shape index (κ1) is 29.1. The predicted molar refractivity (Wildman–Crippen MR) is 159 cm³/mol. The second kappa shape index (κ2) is 11.8. The highest BCUT2D eigenvalue weighted by atomic mass is 16.6. The number of hydrogen-bond acceptors (Lipinski definition) is 6. The summed E-state index contributed by atoms with van der Waals surface area (Å²) < 4.78 is 7.45. The van der Waals surface area contributed by atoms with Crippen LogP contribution in [0.25, 0.3) is 11.0 Å². The fourth-order valence-corrected chi connectivity index (χ4v) is 5.40. The van der Waals surface area contributed by atoms with Crippen LogP contribution in [0.3, 0.4) is 0 Å². The van der Waals surface area contributed by atoms with E-state index in [2.05, 4.69) is 10.6 Å². The minimum atomic E-state index is -0.588. The van der Waals surface area contributed by atoms with Crippen LogP contribution in [-0.4, -0.2) is 81.5 Å². The van der Waals surface area contributed by atoms with Crippen molar-refractivity contribution in [1.82, 2.24) is 24.7 Å². The minimum absolute atomic E-state index is 0.0896. The molecule has 11 heteroatoms. The van der Waals surface area contributed by atoms with Crippen LogP contribution < -0.4 is 10.6 Å². The Labute approximate surface area is 245 Å². The summed E-state index contributed by atoms with van der Waals surface area (Å²) in [6.45, 7) is 9.57. The molecule has 2 bridgehead atoms. The van der Waals surface area contributed by atoms with Gasteiger partial charge in [0, 0.05) is 49.9 Å². The van der Waals surface area contributed by atoms with Crippen LogP contribution in [0.2, 0.25) is 0 Å². The third-order valence-corrected chi connectivity index (χ3v) is 7.55. The molecule has 1 unspecified atom stereocenters. The van der Waals surface area contributed by atoms with Crippen molar-refractivity contribution in [3.8, 4) is 0 Å². The van der Waals surface area contributed by atoms with Gasteiger partial charge in [0.05, 0.1) is 16.6 Å². The zero-order valence-electron chi connectivity index (χ0n) is 24.6. The van der Waals surface area contributed by atoms with Crippen LogP contribution in [0.15, 0.2) is 42.5 Å². The van der Waals surface area contributed by atoms with Crippen molar-refractivity contribution in [2.24, 2.45) is 0 Å². The quantitative estimate of drug-likeness (QED) is 0.442. The number of rotatable bonds is 1. The number of piperazine rings is 1. The Bertz CT molecular complexity index is 1520. The second-order valence-electron chi connectivity index (χ2n) is 11.9. The third kappa shape index (κ3) is 6.24. The maximum Gasteiger partial charge on any atom is 0.410 e. The Morgan fingerprint density at radius 2 is 1.60 bits per heavy atom. The summed E-state index contributed by atoms with van der Waals surface area (Å²) in [5.41, 5.74) is 1.93. The topological polar surface area (TPSA) is 126 Å². The molecule has 2 N–H and O–H groups in total. The van der Waals surface area contributed by atoms with E-state index in [4.69, 9.17) is 9.72 Å². The van der Waals surface area contributed by atoms with Gasteiger partial charge in [0.1, 0.15) is 5.60 Å². The molecule has 5 rings (SSSR count). The van der Waals surface area contributed by atoms with Crippen molar-refractivity contribution in [3.63, 3.8) is 0 Å². The number of anilines is 1. The first-order valence-electron chi connectivity index (χ1n) is 14.5. The van der Waals surface area contributed by atoms with Crippen LogP contribution in [0.4, 0.5) is 10.7 Å². The summed E-state index contributed by atoms with van der Waals surface area (Å²) in [7, 11) is 0. The lowest BCUT2D eigenvalue weighted by Crippen LogP contribution is -2.51. The van der Waals surface area contributed by atoms with Crippen molar-refractivity contribution in [2.75, 3.05) is 38.0 Å². The summed E-state index contributed by atoms with van der Waals surface area (Å²) in [6, 6.07) is 11.9. The number of hydrogen-bond donors (Lipinski definition) is 2.